The van der Waals surface area contributed by atoms with E-state index in [1.165, 1.54) is 11.0 Å². The fourth-order valence-corrected chi connectivity index (χ4v) is 5.09. The van der Waals surface area contributed by atoms with E-state index in [1.54, 1.807) is 43.5 Å². The summed E-state index contributed by atoms with van der Waals surface area (Å²) in [5, 5.41) is -0.287. The molecule has 1 aliphatic heterocycles. The zero-order valence-electron chi connectivity index (χ0n) is 16.0. The van der Waals surface area contributed by atoms with Gasteiger partial charge in [-0.3, -0.25) is 14.5 Å². The monoisotopic (exact) mass is 557 g/mol. The number of halogens is 3. The molecule has 0 aromatic heterocycles. The van der Waals surface area contributed by atoms with Crippen LogP contribution in [0.2, 0.25) is 0 Å². The Balaban J connectivity index is 1.74. The molecule has 3 rings (SSSR count). The van der Waals surface area contributed by atoms with E-state index in [2.05, 4.69) is 31.9 Å². The Kier molecular flexibility index (Phi) is 8.10. The van der Waals surface area contributed by atoms with E-state index < -0.39 is 0 Å². The van der Waals surface area contributed by atoms with Crippen molar-refractivity contribution in [2.45, 2.75) is 13.0 Å². The van der Waals surface area contributed by atoms with Crippen LogP contribution >= 0.6 is 43.6 Å². The first-order valence-corrected chi connectivity index (χ1v) is 11.4. The number of thioether (sulfide) groups is 1. The molecule has 2 aromatic carbocycles. The van der Waals surface area contributed by atoms with Gasteiger partial charge in [-0.05, 0) is 79.9 Å². The molecular formula is C21H18Br2FNO4S. The van der Waals surface area contributed by atoms with Crippen LogP contribution < -0.4 is 4.74 Å². The fraction of sp³-hybridized carbons (Fsp3) is 0.238. The first kappa shape index (κ1) is 23.0. The summed E-state index contributed by atoms with van der Waals surface area (Å²) in [4.78, 5) is 26.3. The Labute approximate surface area is 194 Å². The van der Waals surface area contributed by atoms with Crippen molar-refractivity contribution < 1.29 is 23.5 Å². The maximum absolute atomic E-state index is 13.8. The van der Waals surface area contributed by atoms with Gasteiger partial charge < -0.3 is 9.47 Å². The van der Waals surface area contributed by atoms with Crippen molar-refractivity contribution in [1.29, 1.82) is 0 Å². The van der Waals surface area contributed by atoms with E-state index >= 15 is 0 Å². The van der Waals surface area contributed by atoms with Gasteiger partial charge in [-0.1, -0.05) is 18.2 Å². The Morgan fingerprint density at radius 2 is 1.87 bits per heavy atom. The standard InChI is InChI=1S/C21H18Br2FNO4S/c1-28-8-4-7-25-20(26)18(30-21(25)27)11-13-9-15(22)19(16(23)10-13)29-12-14-5-2-3-6-17(14)24/h2-3,5-6,9-11H,4,7-8,12H2,1H3/b18-11+. The molecule has 1 saturated heterocycles. The van der Waals surface area contributed by atoms with E-state index in [1.807, 2.05) is 0 Å². The number of benzene rings is 2. The maximum atomic E-state index is 13.8. The molecule has 30 heavy (non-hydrogen) atoms. The lowest BCUT2D eigenvalue weighted by Crippen LogP contribution is -2.29. The first-order valence-electron chi connectivity index (χ1n) is 9.00. The molecule has 0 spiro atoms. The smallest absolute Gasteiger partial charge is 0.293 e. The molecule has 0 radical (unpaired) electrons. The lowest BCUT2D eigenvalue weighted by Gasteiger charge is -2.12. The number of ether oxygens (including phenoxy) is 2. The Hall–Kier alpha value is -1.68. The minimum absolute atomic E-state index is 0.0730. The third kappa shape index (κ3) is 5.51. The van der Waals surface area contributed by atoms with E-state index in [0.717, 1.165) is 17.3 Å². The van der Waals surface area contributed by atoms with Gasteiger partial charge in [0.1, 0.15) is 18.2 Å². The normalized spacial score (nSPS) is 15.3. The van der Waals surface area contributed by atoms with Crippen LogP contribution in [-0.4, -0.2) is 36.3 Å². The van der Waals surface area contributed by atoms with Crippen molar-refractivity contribution in [2.75, 3.05) is 20.3 Å². The molecule has 1 heterocycles. The highest BCUT2D eigenvalue weighted by Gasteiger charge is 2.34. The largest absolute Gasteiger partial charge is 0.486 e. The quantitative estimate of drug-likeness (QED) is 0.294. The Morgan fingerprint density at radius 1 is 1.17 bits per heavy atom. The minimum atomic E-state index is -0.331. The Morgan fingerprint density at radius 3 is 2.53 bits per heavy atom. The molecule has 158 valence electrons. The molecule has 0 atom stereocenters. The van der Waals surface area contributed by atoms with E-state index in [0.29, 0.717) is 44.7 Å². The summed E-state index contributed by atoms with van der Waals surface area (Å²) in [5.74, 6) is -0.126. The summed E-state index contributed by atoms with van der Waals surface area (Å²) in [6.45, 7) is 0.880. The van der Waals surface area contributed by atoms with Gasteiger partial charge in [0.15, 0.2) is 0 Å². The van der Waals surface area contributed by atoms with Gasteiger partial charge in [-0.2, -0.15) is 0 Å². The van der Waals surface area contributed by atoms with Crippen LogP contribution in [0, 0.1) is 5.82 Å². The summed E-state index contributed by atoms with van der Waals surface area (Å²) in [7, 11) is 1.58. The highest BCUT2D eigenvalue weighted by molar-refractivity contribution is 9.11. The second kappa shape index (κ2) is 10.6. The molecule has 5 nitrogen and oxygen atoms in total. The van der Waals surface area contributed by atoms with E-state index in [4.69, 9.17) is 9.47 Å². The second-order valence-electron chi connectivity index (χ2n) is 6.37. The van der Waals surface area contributed by atoms with Crippen molar-refractivity contribution in [3.05, 3.63) is 67.2 Å². The number of carbonyl (C=O) groups excluding carboxylic acids is 2. The van der Waals surface area contributed by atoms with Gasteiger partial charge in [-0.25, -0.2) is 4.39 Å². The lowest BCUT2D eigenvalue weighted by atomic mass is 10.2. The zero-order chi connectivity index (χ0) is 21.7. The average molecular weight is 559 g/mol. The number of amides is 2. The summed E-state index contributed by atoms with van der Waals surface area (Å²) >= 11 is 7.83. The van der Waals surface area contributed by atoms with E-state index in [-0.39, 0.29) is 23.6 Å². The number of hydrogen-bond acceptors (Lipinski definition) is 5. The SMILES string of the molecule is COCCCN1C(=O)S/C(=C/c2cc(Br)c(OCc3ccccc3F)c(Br)c2)C1=O. The van der Waals surface area contributed by atoms with Crippen molar-refractivity contribution in [2.24, 2.45) is 0 Å². The van der Waals surface area contributed by atoms with Gasteiger partial charge in [0.25, 0.3) is 11.1 Å². The van der Waals surface area contributed by atoms with Gasteiger partial charge in [0.05, 0.1) is 13.9 Å². The number of hydrogen-bond donors (Lipinski definition) is 0. The van der Waals surface area contributed by atoms with Crippen LogP contribution in [0.3, 0.4) is 0 Å². The maximum Gasteiger partial charge on any atom is 0.293 e. The summed E-state index contributed by atoms with van der Waals surface area (Å²) < 4.78 is 25.8. The van der Waals surface area contributed by atoms with Crippen LogP contribution in [0.5, 0.6) is 5.75 Å². The van der Waals surface area contributed by atoms with Gasteiger partial charge in [-0.15, -0.1) is 0 Å². The molecule has 1 fully saturated rings. The predicted octanol–water partition coefficient (Wildman–Crippen LogP) is 6.00. The van der Waals surface area contributed by atoms with Crippen LogP contribution in [0.25, 0.3) is 6.08 Å². The average Bonchev–Trinajstić information content (AvgIpc) is 2.96. The van der Waals surface area contributed by atoms with Crippen LogP contribution in [0.1, 0.15) is 17.5 Å². The highest BCUT2D eigenvalue weighted by atomic mass is 79.9. The van der Waals surface area contributed by atoms with Crippen LogP contribution in [0.15, 0.2) is 50.2 Å². The molecule has 0 N–H and O–H groups in total. The third-order valence-electron chi connectivity index (χ3n) is 4.25. The molecule has 0 unspecified atom stereocenters. The molecule has 1 aliphatic rings. The van der Waals surface area contributed by atoms with Crippen LogP contribution in [0.4, 0.5) is 9.18 Å². The molecule has 2 aromatic rings. The van der Waals surface area contributed by atoms with Crippen molar-refractivity contribution in [3.8, 4) is 5.75 Å². The topological polar surface area (TPSA) is 55.8 Å². The molecule has 9 heteroatoms. The second-order valence-corrected chi connectivity index (χ2v) is 9.08. The number of methoxy groups -OCH3 is 1. The number of nitrogens with zero attached hydrogens (tertiary/aromatic N) is 1. The van der Waals surface area contributed by atoms with Crippen molar-refractivity contribution in [1.82, 2.24) is 4.90 Å². The number of rotatable bonds is 8. The predicted molar refractivity (Wildman–Crippen MR) is 122 cm³/mol. The summed E-state index contributed by atoms with van der Waals surface area (Å²) in [6, 6.07) is 9.97. The first-order chi connectivity index (χ1) is 14.4. The van der Waals surface area contributed by atoms with Gasteiger partial charge in [0, 0.05) is 25.8 Å². The summed E-state index contributed by atoms with van der Waals surface area (Å²) in [5.41, 5.74) is 1.16. The van der Waals surface area contributed by atoms with Crippen molar-refractivity contribution >= 4 is 60.8 Å². The number of imide groups is 1. The van der Waals surface area contributed by atoms with Crippen molar-refractivity contribution in [3.63, 3.8) is 0 Å². The van der Waals surface area contributed by atoms with Gasteiger partial charge in [0.2, 0.25) is 0 Å². The molecular weight excluding hydrogens is 541 g/mol. The van der Waals surface area contributed by atoms with E-state index in [9.17, 15) is 14.0 Å². The summed E-state index contributed by atoms with van der Waals surface area (Å²) in [6.07, 6.45) is 2.25. The molecule has 0 bridgehead atoms. The van der Waals surface area contributed by atoms with Gasteiger partial charge >= 0.3 is 0 Å². The third-order valence-corrected chi connectivity index (χ3v) is 6.34. The minimum Gasteiger partial charge on any atom is -0.486 e. The fourth-order valence-electron chi connectivity index (χ4n) is 2.78. The van der Waals surface area contributed by atoms with Crippen LogP contribution in [-0.2, 0) is 16.1 Å². The zero-order valence-corrected chi connectivity index (χ0v) is 20.0. The lowest BCUT2D eigenvalue weighted by molar-refractivity contribution is -0.122. The highest BCUT2D eigenvalue weighted by Crippen LogP contribution is 2.38. The molecule has 0 aliphatic carbocycles. The molecule has 2 amide bonds. The number of carbonyl (C=O) groups is 2. The molecule has 0 saturated carbocycles. The Bertz CT molecular complexity index is 976.